The average molecular weight is 252 g/mol. The second-order valence-electron chi connectivity index (χ2n) is 5.19. The van der Waals surface area contributed by atoms with Gasteiger partial charge in [-0.3, -0.25) is 10.1 Å². The van der Waals surface area contributed by atoms with Crippen LogP contribution in [-0.4, -0.2) is 27.8 Å². The van der Waals surface area contributed by atoms with Gasteiger partial charge in [-0.05, 0) is 25.7 Å². The molecule has 0 radical (unpaired) electrons. The van der Waals surface area contributed by atoms with E-state index < -0.39 is 0 Å². The van der Waals surface area contributed by atoms with E-state index in [9.17, 15) is 10.1 Å². The van der Waals surface area contributed by atoms with E-state index in [4.69, 9.17) is 0 Å². The summed E-state index contributed by atoms with van der Waals surface area (Å²) >= 11 is 0. The predicted molar refractivity (Wildman–Crippen MR) is 69.8 cm³/mol. The summed E-state index contributed by atoms with van der Waals surface area (Å²) in [6.07, 6.45) is 0. The Morgan fingerprint density at radius 2 is 1.94 bits per heavy atom. The largest absolute Gasteiger partial charge is 0.351 e. The normalized spacial score (nSPS) is 23.7. The number of anilines is 1. The van der Waals surface area contributed by atoms with E-state index in [1.54, 1.807) is 11.6 Å². The molecule has 0 amide bonds. The van der Waals surface area contributed by atoms with Crippen LogP contribution in [0, 0.1) is 28.9 Å². The Balaban J connectivity index is 2.45. The fraction of sp³-hybridized carbons (Fsp3) is 0.750. The van der Waals surface area contributed by atoms with E-state index in [0.29, 0.717) is 29.9 Å². The van der Waals surface area contributed by atoms with E-state index in [1.165, 1.54) is 0 Å². The lowest BCUT2D eigenvalue weighted by atomic mass is 10.0. The third-order valence-corrected chi connectivity index (χ3v) is 3.84. The molecule has 2 rings (SSSR count). The summed E-state index contributed by atoms with van der Waals surface area (Å²) < 4.78 is 1.75. The minimum absolute atomic E-state index is 0.165. The van der Waals surface area contributed by atoms with Crippen molar-refractivity contribution in [1.29, 1.82) is 0 Å². The minimum atomic E-state index is -0.308. The summed E-state index contributed by atoms with van der Waals surface area (Å²) in [5, 5.41) is 15.5. The third-order valence-electron chi connectivity index (χ3n) is 3.84. The fourth-order valence-electron chi connectivity index (χ4n) is 2.61. The van der Waals surface area contributed by atoms with Gasteiger partial charge < -0.3 is 4.90 Å². The highest BCUT2D eigenvalue weighted by Gasteiger charge is 2.35. The van der Waals surface area contributed by atoms with Crippen LogP contribution in [0.4, 0.5) is 11.5 Å². The number of aromatic nitrogens is 2. The van der Waals surface area contributed by atoms with Crippen molar-refractivity contribution in [3.63, 3.8) is 0 Å². The summed E-state index contributed by atoms with van der Waals surface area (Å²) in [5.74, 6) is 1.80. The third kappa shape index (κ3) is 1.95. The van der Waals surface area contributed by atoms with Crippen molar-refractivity contribution in [1.82, 2.24) is 9.78 Å². The fourth-order valence-corrected chi connectivity index (χ4v) is 2.61. The van der Waals surface area contributed by atoms with Crippen molar-refractivity contribution in [2.75, 3.05) is 18.0 Å². The Labute approximate surface area is 107 Å². The molecule has 2 atom stereocenters. The number of nitrogens with zero attached hydrogens (tertiary/aromatic N) is 4. The van der Waals surface area contributed by atoms with Gasteiger partial charge >= 0.3 is 5.69 Å². The van der Waals surface area contributed by atoms with Crippen LogP contribution in [0.5, 0.6) is 0 Å². The van der Waals surface area contributed by atoms with Gasteiger partial charge in [-0.2, -0.15) is 5.10 Å². The molecular weight excluding hydrogens is 232 g/mol. The van der Waals surface area contributed by atoms with Crippen molar-refractivity contribution in [2.24, 2.45) is 11.8 Å². The first kappa shape index (κ1) is 12.9. The summed E-state index contributed by atoms with van der Waals surface area (Å²) in [7, 11) is 0. The van der Waals surface area contributed by atoms with Gasteiger partial charge in [0.25, 0.3) is 0 Å². The molecule has 100 valence electrons. The van der Waals surface area contributed by atoms with E-state index in [0.717, 1.165) is 13.1 Å². The summed E-state index contributed by atoms with van der Waals surface area (Å²) in [5.41, 5.74) is 0.669. The first-order valence-electron chi connectivity index (χ1n) is 6.42. The van der Waals surface area contributed by atoms with Gasteiger partial charge in [-0.1, -0.05) is 13.8 Å². The van der Waals surface area contributed by atoms with Gasteiger partial charge in [-0.25, -0.2) is 4.68 Å². The molecule has 0 spiro atoms. The molecule has 1 saturated heterocycles. The van der Waals surface area contributed by atoms with Gasteiger partial charge in [0.05, 0.1) is 4.92 Å². The van der Waals surface area contributed by atoms with E-state index in [-0.39, 0.29) is 10.6 Å². The lowest BCUT2D eigenvalue weighted by Crippen LogP contribution is -2.23. The van der Waals surface area contributed by atoms with Gasteiger partial charge in [0.1, 0.15) is 5.69 Å². The Morgan fingerprint density at radius 3 is 2.39 bits per heavy atom. The Morgan fingerprint density at radius 1 is 1.39 bits per heavy atom. The van der Waals surface area contributed by atoms with Crippen molar-refractivity contribution >= 4 is 11.5 Å². The number of hydrogen-bond donors (Lipinski definition) is 0. The zero-order valence-electron chi connectivity index (χ0n) is 11.4. The first-order valence-corrected chi connectivity index (χ1v) is 6.42. The number of hydrogen-bond acceptors (Lipinski definition) is 4. The molecule has 0 bridgehead atoms. The number of rotatable bonds is 3. The van der Waals surface area contributed by atoms with Crippen LogP contribution < -0.4 is 4.90 Å². The molecular formula is C12H20N4O2. The first-order chi connectivity index (χ1) is 8.45. The molecule has 1 aromatic rings. The zero-order chi connectivity index (χ0) is 13.4. The van der Waals surface area contributed by atoms with Crippen molar-refractivity contribution in [2.45, 2.75) is 34.2 Å². The second-order valence-corrected chi connectivity index (χ2v) is 5.19. The standard InChI is InChI=1S/C12H20N4O2/c1-5-15-12(11(16(17)18)10(4)13-15)14-6-8(2)9(3)7-14/h8-9H,5-7H2,1-4H3. The van der Waals surface area contributed by atoms with Gasteiger partial charge in [0.15, 0.2) is 0 Å². The monoisotopic (exact) mass is 252 g/mol. The molecule has 0 saturated carbocycles. The van der Waals surface area contributed by atoms with Crippen LogP contribution >= 0.6 is 0 Å². The maximum Gasteiger partial charge on any atom is 0.333 e. The second kappa shape index (κ2) is 4.59. The van der Waals surface area contributed by atoms with Gasteiger partial charge in [0, 0.05) is 19.6 Å². The quantitative estimate of drug-likeness (QED) is 0.611. The van der Waals surface area contributed by atoms with Crippen LogP contribution in [0.25, 0.3) is 0 Å². The highest BCUT2D eigenvalue weighted by atomic mass is 16.6. The maximum atomic E-state index is 11.2. The topological polar surface area (TPSA) is 64.2 Å². The van der Waals surface area contributed by atoms with Crippen LogP contribution in [0.3, 0.4) is 0 Å². The summed E-state index contributed by atoms with van der Waals surface area (Å²) in [6, 6.07) is 0. The summed E-state index contributed by atoms with van der Waals surface area (Å²) in [6.45, 7) is 10.4. The van der Waals surface area contributed by atoms with Crippen LogP contribution in [0.15, 0.2) is 0 Å². The molecule has 18 heavy (non-hydrogen) atoms. The number of nitro groups is 1. The average Bonchev–Trinajstić information content (AvgIpc) is 2.79. The lowest BCUT2D eigenvalue weighted by Gasteiger charge is -2.18. The van der Waals surface area contributed by atoms with Gasteiger partial charge in [-0.15, -0.1) is 0 Å². The predicted octanol–water partition coefficient (Wildman–Crippen LogP) is 2.21. The molecule has 1 aromatic heterocycles. The Hall–Kier alpha value is -1.59. The molecule has 6 nitrogen and oxygen atoms in total. The highest BCUT2D eigenvalue weighted by molar-refractivity contribution is 5.62. The molecule has 0 N–H and O–H groups in total. The van der Waals surface area contributed by atoms with Crippen molar-refractivity contribution < 1.29 is 4.92 Å². The number of aryl methyl sites for hydroxylation is 2. The smallest absolute Gasteiger partial charge is 0.333 e. The molecule has 1 aliphatic rings. The van der Waals surface area contributed by atoms with Crippen molar-refractivity contribution in [3.8, 4) is 0 Å². The van der Waals surface area contributed by atoms with Gasteiger partial charge in [0.2, 0.25) is 5.82 Å². The molecule has 1 fully saturated rings. The highest BCUT2D eigenvalue weighted by Crippen LogP contribution is 2.36. The zero-order valence-corrected chi connectivity index (χ0v) is 11.4. The Kier molecular flexibility index (Phi) is 3.28. The van der Waals surface area contributed by atoms with Crippen LogP contribution in [0.2, 0.25) is 0 Å². The Bertz CT molecular complexity index is 459. The van der Waals surface area contributed by atoms with Crippen LogP contribution in [0.1, 0.15) is 26.5 Å². The molecule has 1 aliphatic heterocycles. The SMILES string of the molecule is CCn1nc(C)c([N+](=O)[O-])c1N1CC(C)C(C)C1. The van der Waals surface area contributed by atoms with E-state index in [1.807, 2.05) is 6.92 Å². The molecule has 0 aromatic carbocycles. The van der Waals surface area contributed by atoms with E-state index in [2.05, 4.69) is 23.8 Å². The molecule has 0 aliphatic carbocycles. The minimum Gasteiger partial charge on any atom is -0.351 e. The van der Waals surface area contributed by atoms with E-state index >= 15 is 0 Å². The summed E-state index contributed by atoms with van der Waals surface area (Å²) in [4.78, 5) is 13.0. The molecule has 2 unspecified atom stereocenters. The molecule has 2 heterocycles. The molecule has 6 heteroatoms. The van der Waals surface area contributed by atoms with Crippen LogP contribution in [-0.2, 0) is 6.54 Å². The lowest BCUT2D eigenvalue weighted by molar-refractivity contribution is -0.384. The maximum absolute atomic E-state index is 11.2. The van der Waals surface area contributed by atoms with Crippen molar-refractivity contribution in [3.05, 3.63) is 15.8 Å².